The van der Waals surface area contributed by atoms with Crippen molar-refractivity contribution in [3.05, 3.63) is 100.0 Å². The topological polar surface area (TPSA) is 55.2 Å². The molecule has 3 atom stereocenters. The van der Waals surface area contributed by atoms with E-state index in [2.05, 4.69) is 17.1 Å². The molecule has 4 heterocycles. The van der Waals surface area contributed by atoms with E-state index in [-0.39, 0.29) is 34.9 Å². The molecule has 0 radical (unpaired) electrons. The first-order valence-electron chi connectivity index (χ1n) is 10.3. The van der Waals surface area contributed by atoms with Crippen molar-refractivity contribution < 1.29 is 9.18 Å². The minimum Gasteiger partial charge on any atom is -0.338 e. The average Bonchev–Trinajstić information content (AvgIpc) is 2.77. The second-order valence-corrected chi connectivity index (χ2v) is 8.21. The molecule has 2 aliphatic rings. The number of hydrogen-bond acceptors (Lipinski definition) is 3. The number of hydrogen-bond donors (Lipinski definition) is 0. The van der Waals surface area contributed by atoms with E-state index in [0.717, 1.165) is 24.7 Å². The number of fused-ring (bicyclic) bond motifs is 4. The Kier molecular flexibility index (Phi) is 4.69. The van der Waals surface area contributed by atoms with Crippen LogP contribution in [0, 0.1) is 11.7 Å². The van der Waals surface area contributed by atoms with Gasteiger partial charge in [0.05, 0.1) is 11.8 Å². The predicted octanol–water partition coefficient (Wildman–Crippen LogP) is 3.43. The number of likely N-dealkylation sites (tertiary alicyclic amines) is 1. The SMILES string of the molecule is O=C(c1cncc(F)c1)N1C[C@H]2C[C@@H](C1)[C@H](Cc1ccccc1)n1c2cccc1=O. The van der Waals surface area contributed by atoms with E-state index in [9.17, 15) is 14.0 Å². The molecule has 5 rings (SSSR count). The van der Waals surface area contributed by atoms with Crippen molar-refractivity contribution in [2.75, 3.05) is 13.1 Å². The number of halogens is 1. The van der Waals surface area contributed by atoms with Gasteiger partial charge in [0.1, 0.15) is 5.82 Å². The standard InChI is InChI=1S/C24H22FN3O2/c25-20-11-17(12-26-13-20)24(30)27-14-18-10-19(15-27)22(9-16-5-2-1-3-6-16)28-21(18)7-4-8-23(28)29/h1-8,11-13,18-19,22H,9-10,14-15H2/t18-,19+,22+/m1/s1. The molecule has 1 amide bonds. The van der Waals surface area contributed by atoms with Crippen LogP contribution in [0.5, 0.6) is 0 Å². The molecule has 1 aromatic carbocycles. The highest BCUT2D eigenvalue weighted by molar-refractivity contribution is 5.94. The molecule has 2 aliphatic heterocycles. The molecule has 30 heavy (non-hydrogen) atoms. The zero-order chi connectivity index (χ0) is 20.7. The summed E-state index contributed by atoms with van der Waals surface area (Å²) in [5, 5.41) is 0. The lowest BCUT2D eigenvalue weighted by Crippen LogP contribution is -2.51. The van der Waals surface area contributed by atoms with Crippen LogP contribution >= 0.6 is 0 Å². The minimum atomic E-state index is -0.517. The van der Waals surface area contributed by atoms with Crippen LogP contribution in [0.25, 0.3) is 0 Å². The number of rotatable bonds is 3. The van der Waals surface area contributed by atoms with E-state index in [0.29, 0.717) is 13.1 Å². The Labute approximate surface area is 173 Å². The molecule has 0 saturated carbocycles. The summed E-state index contributed by atoms with van der Waals surface area (Å²) in [4.78, 5) is 31.5. The van der Waals surface area contributed by atoms with Crippen LogP contribution in [0.15, 0.2) is 71.8 Å². The third-order valence-electron chi connectivity index (χ3n) is 6.33. The molecular formula is C24H22FN3O2. The molecular weight excluding hydrogens is 381 g/mol. The van der Waals surface area contributed by atoms with Crippen molar-refractivity contribution >= 4 is 5.91 Å². The van der Waals surface area contributed by atoms with Gasteiger partial charge in [-0.15, -0.1) is 0 Å². The van der Waals surface area contributed by atoms with Gasteiger partial charge in [0, 0.05) is 43.0 Å². The largest absolute Gasteiger partial charge is 0.338 e. The van der Waals surface area contributed by atoms with Crippen molar-refractivity contribution in [2.24, 2.45) is 5.92 Å². The lowest BCUT2D eigenvalue weighted by Gasteiger charge is -2.47. The molecule has 0 N–H and O–H groups in total. The smallest absolute Gasteiger partial charge is 0.255 e. The van der Waals surface area contributed by atoms with Crippen LogP contribution in [0.2, 0.25) is 0 Å². The number of carbonyl (C=O) groups is 1. The van der Waals surface area contributed by atoms with Crippen LogP contribution in [-0.2, 0) is 6.42 Å². The second kappa shape index (κ2) is 7.52. The third-order valence-corrected chi connectivity index (χ3v) is 6.33. The van der Waals surface area contributed by atoms with E-state index >= 15 is 0 Å². The van der Waals surface area contributed by atoms with Gasteiger partial charge in [-0.3, -0.25) is 14.6 Å². The summed E-state index contributed by atoms with van der Waals surface area (Å²) in [7, 11) is 0. The highest BCUT2D eigenvalue weighted by Crippen LogP contribution is 2.42. The quantitative estimate of drug-likeness (QED) is 0.673. The molecule has 3 aromatic rings. The number of pyridine rings is 2. The van der Waals surface area contributed by atoms with Crippen LogP contribution < -0.4 is 5.56 Å². The van der Waals surface area contributed by atoms with Crippen molar-refractivity contribution in [3.8, 4) is 0 Å². The van der Waals surface area contributed by atoms with Gasteiger partial charge in [-0.2, -0.15) is 0 Å². The number of piperidine rings is 1. The molecule has 6 heteroatoms. The molecule has 152 valence electrons. The van der Waals surface area contributed by atoms with E-state index in [1.165, 1.54) is 17.8 Å². The number of benzene rings is 1. The van der Waals surface area contributed by atoms with Gasteiger partial charge in [-0.25, -0.2) is 4.39 Å². The van der Waals surface area contributed by atoms with Gasteiger partial charge < -0.3 is 9.47 Å². The zero-order valence-electron chi connectivity index (χ0n) is 16.4. The van der Waals surface area contributed by atoms with Crippen LogP contribution in [-0.4, -0.2) is 33.4 Å². The number of nitrogens with zero attached hydrogens (tertiary/aromatic N) is 3. The van der Waals surface area contributed by atoms with Gasteiger partial charge >= 0.3 is 0 Å². The van der Waals surface area contributed by atoms with Crippen molar-refractivity contribution in [1.82, 2.24) is 14.5 Å². The first kappa shape index (κ1) is 18.7. The fourth-order valence-electron chi connectivity index (χ4n) is 5.04. The Hall–Kier alpha value is -3.28. The minimum absolute atomic E-state index is 0.0113. The Morgan fingerprint density at radius 3 is 2.70 bits per heavy atom. The highest BCUT2D eigenvalue weighted by atomic mass is 19.1. The van der Waals surface area contributed by atoms with Crippen LogP contribution in [0.4, 0.5) is 4.39 Å². The van der Waals surface area contributed by atoms with Crippen molar-refractivity contribution in [1.29, 1.82) is 0 Å². The van der Waals surface area contributed by atoms with Gasteiger partial charge in [0.25, 0.3) is 11.5 Å². The molecule has 1 fully saturated rings. The maximum atomic E-state index is 13.6. The Morgan fingerprint density at radius 2 is 1.90 bits per heavy atom. The second-order valence-electron chi connectivity index (χ2n) is 8.21. The summed E-state index contributed by atoms with van der Waals surface area (Å²) in [6.07, 6.45) is 4.18. The van der Waals surface area contributed by atoms with E-state index in [4.69, 9.17) is 0 Å². The fourth-order valence-corrected chi connectivity index (χ4v) is 5.04. The fraction of sp³-hybridized carbons (Fsp3) is 0.292. The molecule has 2 aromatic heterocycles. The maximum absolute atomic E-state index is 13.6. The van der Waals surface area contributed by atoms with E-state index in [1.54, 1.807) is 17.0 Å². The molecule has 5 nitrogen and oxygen atoms in total. The molecule has 0 aliphatic carbocycles. The lowest BCUT2D eigenvalue weighted by atomic mass is 9.76. The summed E-state index contributed by atoms with van der Waals surface area (Å²) < 4.78 is 15.5. The Bertz CT molecular complexity index is 1140. The summed E-state index contributed by atoms with van der Waals surface area (Å²) in [5.74, 6) is -0.476. The average molecular weight is 403 g/mol. The first-order valence-corrected chi connectivity index (χ1v) is 10.3. The Balaban J connectivity index is 1.51. The summed E-state index contributed by atoms with van der Waals surface area (Å²) in [6.45, 7) is 1.07. The monoisotopic (exact) mass is 403 g/mol. The van der Waals surface area contributed by atoms with Gasteiger partial charge in [-0.1, -0.05) is 36.4 Å². The number of aromatic nitrogens is 2. The lowest BCUT2D eigenvalue weighted by molar-refractivity contribution is 0.0528. The zero-order valence-corrected chi connectivity index (χ0v) is 16.4. The predicted molar refractivity (Wildman–Crippen MR) is 111 cm³/mol. The van der Waals surface area contributed by atoms with Crippen molar-refractivity contribution in [3.63, 3.8) is 0 Å². The first-order chi connectivity index (χ1) is 14.6. The summed E-state index contributed by atoms with van der Waals surface area (Å²) in [6, 6.07) is 16.8. The molecule has 0 spiro atoms. The van der Waals surface area contributed by atoms with Crippen LogP contribution in [0.1, 0.15) is 40.0 Å². The third kappa shape index (κ3) is 3.32. The summed E-state index contributed by atoms with van der Waals surface area (Å²) >= 11 is 0. The van der Waals surface area contributed by atoms with E-state index < -0.39 is 5.82 Å². The molecule has 1 saturated heterocycles. The number of carbonyl (C=O) groups excluding carboxylic acids is 1. The maximum Gasteiger partial charge on any atom is 0.255 e. The highest BCUT2D eigenvalue weighted by Gasteiger charge is 2.41. The molecule has 0 unspecified atom stereocenters. The van der Waals surface area contributed by atoms with Crippen molar-refractivity contribution in [2.45, 2.75) is 24.8 Å². The van der Waals surface area contributed by atoms with Gasteiger partial charge in [-0.05, 0) is 36.5 Å². The summed E-state index contributed by atoms with van der Waals surface area (Å²) in [5.41, 5.74) is 2.42. The number of amides is 1. The van der Waals surface area contributed by atoms with Gasteiger partial charge in [0.2, 0.25) is 0 Å². The van der Waals surface area contributed by atoms with Gasteiger partial charge in [0.15, 0.2) is 0 Å². The molecule has 2 bridgehead atoms. The van der Waals surface area contributed by atoms with Crippen LogP contribution in [0.3, 0.4) is 0 Å². The Morgan fingerprint density at radius 1 is 1.07 bits per heavy atom. The van der Waals surface area contributed by atoms with E-state index in [1.807, 2.05) is 28.8 Å². The normalized spacial score (nSPS) is 22.4.